The molecule has 0 bridgehead atoms. The lowest BCUT2D eigenvalue weighted by molar-refractivity contribution is -0.126. The molecule has 0 amide bonds. The number of nitrogens with one attached hydrogen (secondary N) is 3. The highest BCUT2D eigenvalue weighted by atomic mass is 32.1. The molecule has 0 saturated carbocycles. The number of hydrogen-bond acceptors (Lipinski definition) is 7. The predicted molar refractivity (Wildman–Crippen MR) is 130 cm³/mol. The summed E-state index contributed by atoms with van der Waals surface area (Å²) in [5, 5.41) is 3.63. The third kappa shape index (κ3) is 4.25. The van der Waals surface area contributed by atoms with Gasteiger partial charge in [0.15, 0.2) is 0 Å². The van der Waals surface area contributed by atoms with Gasteiger partial charge in [0.05, 0.1) is 22.8 Å². The number of aromatic amines is 2. The first-order chi connectivity index (χ1) is 16.8. The van der Waals surface area contributed by atoms with E-state index in [-0.39, 0.29) is 10.6 Å². The van der Waals surface area contributed by atoms with Crippen LogP contribution >= 0.6 is 11.3 Å². The molecule has 0 spiro atoms. The van der Waals surface area contributed by atoms with Crippen LogP contribution in [0.15, 0.2) is 29.1 Å². The van der Waals surface area contributed by atoms with Crippen molar-refractivity contribution in [2.24, 2.45) is 5.92 Å². The average Bonchev–Trinajstić information content (AvgIpc) is 3.54. The number of nitrogens with zero attached hydrogens (tertiary/aromatic N) is 4. The van der Waals surface area contributed by atoms with E-state index < -0.39 is 12.6 Å². The Morgan fingerprint density at radius 1 is 1.17 bits per heavy atom. The number of alkyl halides is 3. The van der Waals surface area contributed by atoms with Crippen LogP contribution in [-0.4, -0.2) is 63.7 Å². The summed E-state index contributed by atoms with van der Waals surface area (Å²) in [7, 11) is 1.71. The minimum atomic E-state index is -4.26. The first-order valence-electron chi connectivity index (χ1n) is 11.5. The lowest BCUT2D eigenvalue weighted by Gasteiger charge is -2.25. The van der Waals surface area contributed by atoms with E-state index in [9.17, 15) is 18.0 Å². The lowest BCUT2D eigenvalue weighted by atomic mass is 10.0. The Labute approximate surface area is 202 Å². The van der Waals surface area contributed by atoms with Crippen molar-refractivity contribution in [3.63, 3.8) is 0 Å². The van der Waals surface area contributed by atoms with Crippen LogP contribution in [0, 0.1) is 5.92 Å². The van der Waals surface area contributed by atoms with Crippen LogP contribution in [0.3, 0.4) is 0 Å². The molecular weight excluding hydrogens is 479 g/mol. The summed E-state index contributed by atoms with van der Waals surface area (Å²) in [5.41, 5.74) is 2.50. The van der Waals surface area contributed by atoms with Gasteiger partial charge in [0.2, 0.25) is 5.95 Å². The fraction of sp³-hybridized carbons (Fsp3) is 0.435. The maximum Gasteiger partial charge on any atom is 0.393 e. The molecule has 4 aromatic rings. The zero-order valence-electron chi connectivity index (χ0n) is 18.9. The van der Waals surface area contributed by atoms with E-state index in [0.29, 0.717) is 33.9 Å². The topological polar surface area (TPSA) is 92.9 Å². The highest BCUT2D eigenvalue weighted by Crippen LogP contribution is 2.39. The highest BCUT2D eigenvalue weighted by Gasteiger charge is 2.42. The molecule has 3 aromatic heterocycles. The van der Waals surface area contributed by atoms with E-state index >= 15 is 0 Å². The van der Waals surface area contributed by atoms with Gasteiger partial charge in [-0.15, -0.1) is 11.3 Å². The number of aromatic nitrogens is 4. The molecule has 184 valence electrons. The molecule has 2 unspecified atom stereocenters. The standard InChI is InChI=1S/C23H24F3N7OS/c1-27-21-30-19(15-7-14(8-23(24,25)26)35-20(15)31-21)33-10-13-4-5-32(18(13)11-33)9-12-2-3-16-17(6-12)29-22(34)28-16/h2-3,6-7,13,18H,4-5,8-11H2,1H3,(H,27,30,31)(H2,28,29,34). The van der Waals surface area contributed by atoms with Gasteiger partial charge in [-0.05, 0) is 42.6 Å². The number of benzene rings is 1. The van der Waals surface area contributed by atoms with Crippen molar-refractivity contribution in [3.05, 3.63) is 45.2 Å². The molecule has 0 aliphatic carbocycles. The Bertz CT molecular complexity index is 1460. The number of hydrogen-bond donors (Lipinski definition) is 3. The van der Waals surface area contributed by atoms with E-state index in [1.54, 1.807) is 13.1 Å². The Hall–Kier alpha value is -3.12. The van der Waals surface area contributed by atoms with Gasteiger partial charge in [-0.2, -0.15) is 18.2 Å². The second-order valence-electron chi connectivity index (χ2n) is 9.29. The number of likely N-dealkylation sites (tertiary alicyclic amines) is 1. The number of imidazole rings is 1. The minimum absolute atomic E-state index is 0.214. The molecule has 2 aliphatic rings. The van der Waals surface area contributed by atoms with Crippen molar-refractivity contribution in [1.29, 1.82) is 0 Å². The molecule has 2 saturated heterocycles. The first kappa shape index (κ1) is 22.4. The minimum Gasteiger partial charge on any atom is -0.357 e. The second-order valence-corrected chi connectivity index (χ2v) is 10.4. The summed E-state index contributed by atoms with van der Waals surface area (Å²) >= 11 is 1.08. The Balaban J connectivity index is 1.26. The van der Waals surface area contributed by atoms with Crippen molar-refractivity contribution >= 4 is 44.4 Å². The summed E-state index contributed by atoms with van der Waals surface area (Å²) in [6.45, 7) is 3.33. The number of thiophene rings is 1. The summed E-state index contributed by atoms with van der Waals surface area (Å²) in [6.07, 6.45) is -4.17. The molecule has 1 aromatic carbocycles. The van der Waals surface area contributed by atoms with Crippen LogP contribution in [0.4, 0.5) is 24.9 Å². The van der Waals surface area contributed by atoms with Gasteiger partial charge in [0.1, 0.15) is 10.6 Å². The highest BCUT2D eigenvalue weighted by molar-refractivity contribution is 7.18. The van der Waals surface area contributed by atoms with Crippen LogP contribution in [0.2, 0.25) is 0 Å². The van der Waals surface area contributed by atoms with Crippen LogP contribution < -0.4 is 15.9 Å². The van der Waals surface area contributed by atoms with E-state index in [1.807, 2.05) is 18.2 Å². The largest absolute Gasteiger partial charge is 0.393 e. The Morgan fingerprint density at radius 3 is 2.80 bits per heavy atom. The molecule has 8 nitrogen and oxygen atoms in total. The fourth-order valence-corrected chi connectivity index (χ4v) is 6.48. The van der Waals surface area contributed by atoms with E-state index in [0.717, 1.165) is 60.5 Å². The van der Waals surface area contributed by atoms with Crippen molar-refractivity contribution in [1.82, 2.24) is 24.8 Å². The second kappa shape index (κ2) is 8.23. The maximum absolute atomic E-state index is 13.0. The van der Waals surface area contributed by atoms with Gasteiger partial charge >= 0.3 is 11.9 Å². The van der Waals surface area contributed by atoms with Gasteiger partial charge in [-0.3, -0.25) is 4.90 Å². The van der Waals surface area contributed by atoms with Crippen molar-refractivity contribution in [2.45, 2.75) is 31.6 Å². The third-order valence-electron chi connectivity index (χ3n) is 6.95. The number of fused-ring (bicyclic) bond motifs is 3. The SMILES string of the molecule is CNc1nc(N2CC3CCN(Cc4ccc5[nH]c(=O)[nH]c5c4)C3C2)c2cc(CC(F)(F)F)sc2n1. The molecule has 5 heterocycles. The number of rotatable bonds is 5. The number of H-pyrrole nitrogens is 2. The summed E-state index contributed by atoms with van der Waals surface area (Å²) in [4.78, 5) is 31.7. The van der Waals surface area contributed by atoms with Crippen molar-refractivity contribution < 1.29 is 13.2 Å². The molecule has 2 fully saturated rings. The molecular formula is C23H24F3N7OS. The van der Waals surface area contributed by atoms with E-state index in [1.165, 1.54) is 0 Å². The van der Waals surface area contributed by atoms with Gasteiger partial charge in [-0.25, -0.2) is 9.78 Å². The summed E-state index contributed by atoms with van der Waals surface area (Å²) < 4.78 is 39.0. The molecule has 2 atom stereocenters. The fourth-order valence-electron chi connectivity index (χ4n) is 5.42. The van der Waals surface area contributed by atoms with Gasteiger partial charge in [0.25, 0.3) is 0 Å². The third-order valence-corrected chi connectivity index (χ3v) is 7.98. The van der Waals surface area contributed by atoms with Crippen LogP contribution in [0.1, 0.15) is 16.9 Å². The summed E-state index contributed by atoms with van der Waals surface area (Å²) in [5.74, 6) is 1.57. The summed E-state index contributed by atoms with van der Waals surface area (Å²) in [6, 6.07) is 7.89. The zero-order valence-corrected chi connectivity index (χ0v) is 19.8. The zero-order chi connectivity index (χ0) is 24.3. The average molecular weight is 504 g/mol. The molecule has 12 heteroatoms. The molecule has 2 aliphatic heterocycles. The van der Waals surface area contributed by atoms with Crippen molar-refractivity contribution in [2.75, 3.05) is 36.9 Å². The van der Waals surface area contributed by atoms with Crippen LogP contribution in [0.25, 0.3) is 21.3 Å². The number of halogens is 3. The van der Waals surface area contributed by atoms with Gasteiger partial charge < -0.3 is 20.2 Å². The molecule has 3 N–H and O–H groups in total. The van der Waals surface area contributed by atoms with Crippen molar-refractivity contribution in [3.8, 4) is 0 Å². The molecule has 0 radical (unpaired) electrons. The smallest absolute Gasteiger partial charge is 0.357 e. The molecule has 6 rings (SSSR count). The van der Waals surface area contributed by atoms with Crippen LogP contribution in [0.5, 0.6) is 0 Å². The van der Waals surface area contributed by atoms with Crippen LogP contribution in [-0.2, 0) is 13.0 Å². The quantitative estimate of drug-likeness (QED) is 0.385. The van der Waals surface area contributed by atoms with Gasteiger partial charge in [-0.1, -0.05) is 6.07 Å². The van der Waals surface area contributed by atoms with E-state index in [2.05, 4.69) is 35.1 Å². The monoisotopic (exact) mass is 503 g/mol. The Kier molecular flexibility index (Phi) is 5.26. The predicted octanol–water partition coefficient (Wildman–Crippen LogP) is 3.72. The molecule has 35 heavy (non-hydrogen) atoms. The number of anilines is 2. The van der Waals surface area contributed by atoms with E-state index in [4.69, 9.17) is 0 Å². The first-order valence-corrected chi connectivity index (χ1v) is 12.3. The Morgan fingerprint density at radius 2 is 2.00 bits per heavy atom. The lowest BCUT2D eigenvalue weighted by Crippen LogP contribution is -2.35. The maximum atomic E-state index is 13.0. The normalized spacial score (nSPS) is 20.9. The van der Waals surface area contributed by atoms with Gasteiger partial charge in [0, 0.05) is 37.6 Å².